The number of rotatable bonds is 5. The fourth-order valence-corrected chi connectivity index (χ4v) is 4.37. The van der Waals surface area contributed by atoms with E-state index in [2.05, 4.69) is 5.32 Å². The number of fused-ring (bicyclic) bond motifs is 1. The van der Waals surface area contributed by atoms with Gasteiger partial charge in [-0.1, -0.05) is 31.0 Å². The maximum absolute atomic E-state index is 12.9. The van der Waals surface area contributed by atoms with Gasteiger partial charge in [0.2, 0.25) is 5.91 Å². The molecule has 1 heterocycles. The van der Waals surface area contributed by atoms with Crippen molar-refractivity contribution in [1.29, 1.82) is 0 Å². The van der Waals surface area contributed by atoms with Gasteiger partial charge in [-0.05, 0) is 43.7 Å². The standard InChI is InChI=1S/C20H28N2O3/c1-14-7-3-5-9-16(14)21-12-11-19(23)22-17-10-6-4-8-15(17)13-18(22)20(24)25-2/h3,5,7,9,15,17-18,21H,4,6,8,10-13H2,1-2H3/t15-,17-,18+/m1/s1. The molecule has 0 unspecified atom stereocenters. The quantitative estimate of drug-likeness (QED) is 0.834. The topological polar surface area (TPSA) is 58.6 Å². The number of likely N-dealkylation sites (tertiary alicyclic amines) is 1. The summed E-state index contributed by atoms with van der Waals surface area (Å²) in [5.41, 5.74) is 2.22. The lowest BCUT2D eigenvalue weighted by molar-refractivity contribution is -0.152. The first-order chi connectivity index (χ1) is 12.1. The third kappa shape index (κ3) is 3.80. The van der Waals surface area contributed by atoms with Crippen molar-refractivity contribution in [3.63, 3.8) is 0 Å². The number of hydrogen-bond donors (Lipinski definition) is 1. The molecule has 0 radical (unpaired) electrons. The van der Waals surface area contributed by atoms with Gasteiger partial charge in [-0.3, -0.25) is 4.79 Å². The molecule has 2 aliphatic rings. The first-order valence-electron chi connectivity index (χ1n) is 9.30. The van der Waals surface area contributed by atoms with Crippen LogP contribution in [-0.2, 0) is 14.3 Å². The molecular formula is C20H28N2O3. The first-order valence-corrected chi connectivity index (χ1v) is 9.30. The van der Waals surface area contributed by atoms with Crippen molar-refractivity contribution in [3.05, 3.63) is 29.8 Å². The van der Waals surface area contributed by atoms with Crippen molar-refractivity contribution in [2.24, 2.45) is 5.92 Å². The number of esters is 1. The average Bonchev–Trinajstić information content (AvgIpc) is 3.02. The highest BCUT2D eigenvalue weighted by atomic mass is 16.5. The Morgan fingerprint density at radius 3 is 2.76 bits per heavy atom. The monoisotopic (exact) mass is 344 g/mol. The molecule has 1 amide bonds. The van der Waals surface area contributed by atoms with Gasteiger partial charge in [0.15, 0.2) is 0 Å². The minimum atomic E-state index is -0.399. The predicted octanol–water partition coefficient (Wildman–Crippen LogP) is 3.13. The van der Waals surface area contributed by atoms with Crippen LogP contribution in [0.5, 0.6) is 0 Å². The van der Waals surface area contributed by atoms with Gasteiger partial charge < -0.3 is 15.0 Å². The highest BCUT2D eigenvalue weighted by Gasteiger charge is 2.47. The Labute approximate surface area is 149 Å². The van der Waals surface area contributed by atoms with Crippen molar-refractivity contribution in [2.75, 3.05) is 19.0 Å². The Morgan fingerprint density at radius 2 is 2.00 bits per heavy atom. The minimum absolute atomic E-state index is 0.0610. The summed E-state index contributed by atoms with van der Waals surface area (Å²) in [7, 11) is 1.41. The van der Waals surface area contributed by atoms with E-state index in [1.54, 1.807) is 0 Å². The zero-order valence-corrected chi connectivity index (χ0v) is 15.2. The fourth-order valence-electron chi connectivity index (χ4n) is 4.37. The van der Waals surface area contributed by atoms with Crippen LogP contribution in [0, 0.1) is 12.8 Å². The highest BCUT2D eigenvalue weighted by Crippen LogP contribution is 2.40. The van der Waals surface area contributed by atoms with Crippen molar-refractivity contribution in [2.45, 2.75) is 57.5 Å². The van der Waals surface area contributed by atoms with E-state index in [9.17, 15) is 9.59 Å². The second kappa shape index (κ2) is 7.89. The number of benzene rings is 1. The van der Waals surface area contributed by atoms with Crippen LogP contribution in [0.2, 0.25) is 0 Å². The van der Waals surface area contributed by atoms with Crippen LogP contribution in [-0.4, -0.2) is 42.5 Å². The Kier molecular flexibility index (Phi) is 5.61. The van der Waals surface area contributed by atoms with Crippen molar-refractivity contribution in [1.82, 2.24) is 4.90 Å². The van der Waals surface area contributed by atoms with Gasteiger partial charge in [-0.2, -0.15) is 0 Å². The second-order valence-electron chi connectivity index (χ2n) is 7.18. The molecule has 0 bridgehead atoms. The number of amides is 1. The maximum atomic E-state index is 12.9. The molecule has 1 saturated carbocycles. The van der Waals surface area contributed by atoms with Gasteiger partial charge in [0.1, 0.15) is 6.04 Å². The molecule has 3 rings (SSSR count). The number of anilines is 1. The average molecular weight is 344 g/mol. The molecule has 1 aromatic rings. The summed E-state index contributed by atoms with van der Waals surface area (Å²) in [5, 5.41) is 3.33. The molecule has 1 aromatic carbocycles. The molecule has 0 aromatic heterocycles. The van der Waals surface area contributed by atoms with Crippen LogP contribution >= 0.6 is 0 Å². The molecule has 5 nitrogen and oxygen atoms in total. The van der Waals surface area contributed by atoms with Gasteiger partial charge in [0.25, 0.3) is 0 Å². The van der Waals surface area contributed by atoms with E-state index in [0.717, 1.165) is 36.9 Å². The van der Waals surface area contributed by atoms with E-state index in [4.69, 9.17) is 4.74 Å². The molecule has 25 heavy (non-hydrogen) atoms. The lowest BCUT2D eigenvalue weighted by Crippen LogP contribution is -2.47. The minimum Gasteiger partial charge on any atom is -0.467 e. The molecule has 1 N–H and O–H groups in total. The molecule has 5 heteroatoms. The smallest absolute Gasteiger partial charge is 0.328 e. The maximum Gasteiger partial charge on any atom is 0.328 e. The summed E-state index contributed by atoms with van der Waals surface area (Å²) in [4.78, 5) is 26.9. The van der Waals surface area contributed by atoms with Gasteiger partial charge >= 0.3 is 5.97 Å². The molecule has 1 saturated heterocycles. The van der Waals surface area contributed by atoms with Crippen molar-refractivity contribution >= 4 is 17.6 Å². The Morgan fingerprint density at radius 1 is 1.24 bits per heavy atom. The van der Waals surface area contributed by atoms with Crippen molar-refractivity contribution in [3.8, 4) is 0 Å². The molecule has 136 valence electrons. The molecule has 3 atom stereocenters. The lowest BCUT2D eigenvalue weighted by atomic mass is 9.84. The number of carbonyl (C=O) groups excluding carboxylic acids is 2. The summed E-state index contributed by atoms with van der Waals surface area (Å²) >= 11 is 0. The van der Waals surface area contributed by atoms with Gasteiger partial charge in [-0.25, -0.2) is 4.79 Å². The third-order valence-electron chi connectivity index (χ3n) is 5.65. The predicted molar refractivity (Wildman–Crippen MR) is 97.3 cm³/mol. The van der Waals surface area contributed by atoms with Crippen LogP contribution in [0.1, 0.15) is 44.1 Å². The summed E-state index contributed by atoms with van der Waals surface area (Å²) in [5.74, 6) is 0.242. The van der Waals surface area contributed by atoms with E-state index in [1.165, 1.54) is 13.5 Å². The highest BCUT2D eigenvalue weighted by molar-refractivity contribution is 5.86. The summed E-state index contributed by atoms with van der Waals surface area (Å²) in [6.07, 6.45) is 5.62. The summed E-state index contributed by atoms with van der Waals surface area (Å²) < 4.78 is 4.96. The van der Waals surface area contributed by atoms with E-state index < -0.39 is 6.04 Å². The number of carbonyl (C=O) groups is 2. The van der Waals surface area contributed by atoms with Crippen LogP contribution in [0.3, 0.4) is 0 Å². The number of aryl methyl sites for hydroxylation is 1. The SMILES string of the molecule is COC(=O)[C@@H]1C[C@H]2CCCC[C@H]2N1C(=O)CCNc1ccccc1C. The van der Waals surface area contributed by atoms with Crippen LogP contribution in [0.4, 0.5) is 5.69 Å². The van der Waals surface area contributed by atoms with Crippen LogP contribution in [0.25, 0.3) is 0 Å². The summed E-state index contributed by atoms with van der Waals surface area (Å²) in [6, 6.07) is 7.86. The third-order valence-corrected chi connectivity index (χ3v) is 5.65. The van der Waals surface area contributed by atoms with E-state index in [0.29, 0.717) is 18.9 Å². The molecule has 0 spiro atoms. The zero-order valence-electron chi connectivity index (χ0n) is 15.2. The van der Waals surface area contributed by atoms with E-state index in [-0.39, 0.29) is 17.9 Å². The largest absolute Gasteiger partial charge is 0.467 e. The second-order valence-corrected chi connectivity index (χ2v) is 7.18. The van der Waals surface area contributed by atoms with Crippen LogP contribution in [0.15, 0.2) is 24.3 Å². The molecular weight excluding hydrogens is 316 g/mol. The normalized spacial score (nSPS) is 25.4. The summed E-state index contributed by atoms with van der Waals surface area (Å²) in [6.45, 7) is 2.62. The number of hydrogen-bond acceptors (Lipinski definition) is 4. The Bertz CT molecular complexity index is 631. The molecule has 2 fully saturated rings. The number of nitrogens with one attached hydrogen (secondary N) is 1. The Hall–Kier alpha value is -2.04. The van der Waals surface area contributed by atoms with E-state index in [1.807, 2.05) is 36.1 Å². The fraction of sp³-hybridized carbons (Fsp3) is 0.600. The molecule has 1 aliphatic heterocycles. The van der Waals surface area contributed by atoms with Gasteiger partial charge in [0, 0.05) is 24.7 Å². The molecule has 1 aliphatic carbocycles. The van der Waals surface area contributed by atoms with E-state index >= 15 is 0 Å². The number of nitrogens with zero attached hydrogens (tertiary/aromatic N) is 1. The van der Waals surface area contributed by atoms with Gasteiger partial charge in [0.05, 0.1) is 7.11 Å². The first kappa shape index (κ1) is 17.8. The van der Waals surface area contributed by atoms with Gasteiger partial charge in [-0.15, -0.1) is 0 Å². The number of ether oxygens (including phenoxy) is 1. The Balaban J connectivity index is 1.63. The number of methoxy groups -OCH3 is 1. The number of para-hydroxylation sites is 1. The van der Waals surface area contributed by atoms with Crippen LogP contribution < -0.4 is 5.32 Å². The van der Waals surface area contributed by atoms with Crippen molar-refractivity contribution < 1.29 is 14.3 Å². The lowest BCUT2D eigenvalue weighted by Gasteiger charge is -2.33. The zero-order chi connectivity index (χ0) is 17.8.